The van der Waals surface area contributed by atoms with Gasteiger partial charge < -0.3 is 10.5 Å². The first-order valence-corrected chi connectivity index (χ1v) is 4.27. The molecule has 1 heterocycles. The van der Waals surface area contributed by atoms with E-state index in [0.717, 1.165) is 11.1 Å². The molecular weight excluding hydrogens is 184 g/mol. The molecule has 74 valence electrons. The summed E-state index contributed by atoms with van der Waals surface area (Å²) in [5, 5.41) is 10.6. The zero-order valence-corrected chi connectivity index (χ0v) is 7.69. The zero-order valence-electron chi connectivity index (χ0n) is 7.69. The monoisotopic (exact) mass is 194 g/mol. The molecule has 0 fully saturated rings. The van der Waals surface area contributed by atoms with Crippen LogP contribution in [-0.4, -0.2) is 11.5 Å². The van der Waals surface area contributed by atoms with Gasteiger partial charge in [0.2, 0.25) is 0 Å². The highest BCUT2D eigenvalue weighted by Crippen LogP contribution is 2.36. The molecule has 1 aliphatic heterocycles. The molecule has 0 saturated heterocycles. The Balaban J connectivity index is 2.57. The first-order valence-electron chi connectivity index (χ1n) is 4.27. The quantitative estimate of drug-likeness (QED) is 0.539. The van der Waals surface area contributed by atoms with Crippen LogP contribution in [0.3, 0.4) is 0 Å². The number of rotatable bonds is 1. The summed E-state index contributed by atoms with van der Waals surface area (Å²) in [6.07, 6.45) is 0. The number of fused-ring (bicyclic) bond motifs is 1. The smallest absolute Gasteiger partial charge is 0.273 e. The summed E-state index contributed by atoms with van der Waals surface area (Å²) in [4.78, 5) is 10.1. The summed E-state index contributed by atoms with van der Waals surface area (Å²) in [6, 6.07) is 2.79. The molecule has 1 aromatic carbocycles. The number of non-ortho nitro benzene ring substituents is 1. The summed E-state index contributed by atoms with van der Waals surface area (Å²) in [7, 11) is 0. The molecule has 1 aliphatic rings. The lowest BCUT2D eigenvalue weighted by Crippen LogP contribution is -2.11. The minimum atomic E-state index is -0.430. The van der Waals surface area contributed by atoms with Crippen LogP contribution < -0.4 is 10.5 Å². The largest absolute Gasteiger partial charge is 0.491 e. The molecule has 0 aliphatic carbocycles. The lowest BCUT2D eigenvalue weighted by atomic mass is 10.0. The van der Waals surface area contributed by atoms with Crippen LogP contribution in [0, 0.1) is 17.0 Å². The van der Waals surface area contributed by atoms with Gasteiger partial charge in [0.25, 0.3) is 5.69 Å². The third-order valence-electron chi connectivity index (χ3n) is 2.33. The van der Waals surface area contributed by atoms with Crippen molar-refractivity contribution in [2.45, 2.75) is 13.0 Å². The predicted octanol–water partition coefficient (Wildman–Crippen LogP) is 1.30. The van der Waals surface area contributed by atoms with Crippen molar-refractivity contribution < 1.29 is 9.66 Å². The summed E-state index contributed by atoms with van der Waals surface area (Å²) < 4.78 is 5.25. The highest BCUT2D eigenvalue weighted by Gasteiger charge is 2.25. The van der Waals surface area contributed by atoms with Gasteiger partial charge in [-0.15, -0.1) is 0 Å². The summed E-state index contributed by atoms with van der Waals surface area (Å²) >= 11 is 0. The van der Waals surface area contributed by atoms with Crippen molar-refractivity contribution in [2.75, 3.05) is 6.61 Å². The Bertz CT molecular complexity index is 403. The SMILES string of the molecule is Cc1cc([N+](=O)[O-])cc2c1C(N)CO2. The fourth-order valence-electron chi connectivity index (χ4n) is 1.71. The molecule has 0 radical (unpaired) electrons. The van der Waals surface area contributed by atoms with Gasteiger partial charge in [-0.2, -0.15) is 0 Å². The second-order valence-corrected chi connectivity index (χ2v) is 3.35. The van der Waals surface area contributed by atoms with Gasteiger partial charge in [-0.3, -0.25) is 10.1 Å². The van der Waals surface area contributed by atoms with Crippen LogP contribution in [-0.2, 0) is 0 Å². The van der Waals surface area contributed by atoms with Gasteiger partial charge in [0.1, 0.15) is 12.4 Å². The van der Waals surface area contributed by atoms with E-state index in [9.17, 15) is 10.1 Å². The molecule has 0 spiro atoms. The Labute approximate surface area is 80.6 Å². The van der Waals surface area contributed by atoms with E-state index >= 15 is 0 Å². The van der Waals surface area contributed by atoms with E-state index in [1.165, 1.54) is 12.1 Å². The molecule has 5 heteroatoms. The lowest BCUT2D eigenvalue weighted by molar-refractivity contribution is -0.385. The second-order valence-electron chi connectivity index (χ2n) is 3.35. The van der Waals surface area contributed by atoms with Crippen molar-refractivity contribution in [1.82, 2.24) is 0 Å². The molecule has 1 unspecified atom stereocenters. The summed E-state index contributed by atoms with van der Waals surface area (Å²) in [6.45, 7) is 2.21. The van der Waals surface area contributed by atoms with Gasteiger partial charge in [0.05, 0.1) is 17.0 Å². The number of hydrogen-bond donors (Lipinski definition) is 1. The topological polar surface area (TPSA) is 78.4 Å². The minimum Gasteiger partial charge on any atom is -0.491 e. The molecule has 14 heavy (non-hydrogen) atoms. The van der Waals surface area contributed by atoms with E-state index in [-0.39, 0.29) is 11.7 Å². The normalized spacial score (nSPS) is 18.9. The fourth-order valence-corrected chi connectivity index (χ4v) is 1.71. The highest BCUT2D eigenvalue weighted by molar-refractivity contribution is 5.52. The van der Waals surface area contributed by atoms with E-state index in [1.807, 2.05) is 0 Å². The Hall–Kier alpha value is -1.62. The maximum absolute atomic E-state index is 10.6. The van der Waals surface area contributed by atoms with Crippen LogP contribution in [0.5, 0.6) is 5.75 Å². The molecule has 2 rings (SSSR count). The van der Waals surface area contributed by atoms with Crippen molar-refractivity contribution in [1.29, 1.82) is 0 Å². The number of nitrogens with two attached hydrogens (primary N) is 1. The number of benzene rings is 1. The number of nitrogens with zero attached hydrogens (tertiary/aromatic N) is 1. The third-order valence-corrected chi connectivity index (χ3v) is 2.33. The standard InChI is InChI=1S/C9H10N2O3/c1-5-2-6(11(12)13)3-8-9(5)7(10)4-14-8/h2-3,7H,4,10H2,1H3. The number of ether oxygens (including phenoxy) is 1. The number of hydrogen-bond acceptors (Lipinski definition) is 4. The second kappa shape index (κ2) is 2.95. The van der Waals surface area contributed by atoms with Crippen LogP contribution in [0.15, 0.2) is 12.1 Å². The molecule has 5 nitrogen and oxygen atoms in total. The van der Waals surface area contributed by atoms with Crippen molar-refractivity contribution in [2.24, 2.45) is 5.73 Å². The molecule has 0 bridgehead atoms. The zero-order chi connectivity index (χ0) is 10.3. The van der Waals surface area contributed by atoms with E-state index in [0.29, 0.717) is 12.4 Å². The summed E-state index contributed by atoms with van der Waals surface area (Å²) in [5.74, 6) is 0.546. The van der Waals surface area contributed by atoms with E-state index in [2.05, 4.69) is 0 Å². The molecule has 0 amide bonds. The van der Waals surface area contributed by atoms with Crippen LogP contribution in [0.25, 0.3) is 0 Å². The van der Waals surface area contributed by atoms with Crippen LogP contribution in [0.2, 0.25) is 0 Å². The first-order chi connectivity index (χ1) is 6.59. The molecule has 0 aromatic heterocycles. The summed E-state index contributed by atoms with van der Waals surface area (Å²) in [5.41, 5.74) is 7.53. The maximum atomic E-state index is 10.6. The van der Waals surface area contributed by atoms with Gasteiger partial charge in [-0.1, -0.05) is 0 Å². The average molecular weight is 194 g/mol. The highest BCUT2D eigenvalue weighted by atomic mass is 16.6. The molecular formula is C9H10N2O3. The van der Waals surface area contributed by atoms with Gasteiger partial charge in [0, 0.05) is 11.6 Å². The predicted molar refractivity (Wildman–Crippen MR) is 50.3 cm³/mol. The van der Waals surface area contributed by atoms with E-state index < -0.39 is 4.92 Å². The van der Waals surface area contributed by atoms with Gasteiger partial charge in [0.15, 0.2) is 0 Å². The number of aryl methyl sites for hydroxylation is 1. The van der Waals surface area contributed by atoms with Gasteiger partial charge >= 0.3 is 0 Å². The number of nitro benzene ring substituents is 1. The van der Waals surface area contributed by atoms with Gasteiger partial charge in [-0.05, 0) is 12.5 Å². The molecule has 2 N–H and O–H groups in total. The van der Waals surface area contributed by atoms with Gasteiger partial charge in [-0.25, -0.2) is 0 Å². The van der Waals surface area contributed by atoms with Crippen LogP contribution >= 0.6 is 0 Å². The average Bonchev–Trinajstić information content (AvgIpc) is 2.48. The number of nitro groups is 1. The first kappa shape index (κ1) is 8.96. The molecule has 1 atom stereocenters. The molecule has 1 aromatic rings. The third kappa shape index (κ3) is 1.22. The van der Waals surface area contributed by atoms with Crippen molar-refractivity contribution >= 4 is 5.69 Å². The van der Waals surface area contributed by atoms with Crippen LogP contribution in [0.1, 0.15) is 17.2 Å². The van der Waals surface area contributed by atoms with E-state index in [1.54, 1.807) is 6.92 Å². The Kier molecular flexibility index (Phi) is 1.89. The van der Waals surface area contributed by atoms with E-state index in [4.69, 9.17) is 10.5 Å². The maximum Gasteiger partial charge on any atom is 0.273 e. The lowest BCUT2D eigenvalue weighted by Gasteiger charge is -2.04. The Morgan fingerprint density at radius 3 is 3.00 bits per heavy atom. The molecule has 0 saturated carbocycles. The minimum absolute atomic E-state index is 0.0513. The fraction of sp³-hybridized carbons (Fsp3) is 0.333. The van der Waals surface area contributed by atoms with Crippen molar-refractivity contribution in [3.63, 3.8) is 0 Å². The van der Waals surface area contributed by atoms with Crippen molar-refractivity contribution in [3.8, 4) is 5.75 Å². The van der Waals surface area contributed by atoms with Crippen LogP contribution in [0.4, 0.5) is 5.69 Å². The Morgan fingerprint density at radius 2 is 2.36 bits per heavy atom. The Morgan fingerprint density at radius 1 is 1.64 bits per heavy atom. The van der Waals surface area contributed by atoms with Crippen molar-refractivity contribution in [3.05, 3.63) is 33.4 Å².